The van der Waals surface area contributed by atoms with Gasteiger partial charge in [0.1, 0.15) is 0 Å². The summed E-state index contributed by atoms with van der Waals surface area (Å²) in [6.45, 7) is 0. The lowest BCUT2D eigenvalue weighted by molar-refractivity contribution is 1.61. The smallest absolute Gasteiger partial charge is 0.000717 e. The molecule has 0 aromatic heterocycles. The van der Waals surface area contributed by atoms with Crippen LogP contribution in [0.25, 0.3) is 174 Å². The molecule has 0 saturated carbocycles. The second-order valence-electron chi connectivity index (χ2n) is 19.3. The zero-order chi connectivity index (χ0) is 43.9. The normalized spacial score (nSPS) is 12.7. The third kappa shape index (κ3) is 4.24. The van der Waals surface area contributed by atoms with Gasteiger partial charge in [0.2, 0.25) is 0 Å². The van der Waals surface area contributed by atoms with Gasteiger partial charge in [0.15, 0.2) is 0 Å². The van der Waals surface area contributed by atoms with E-state index in [1.54, 1.807) is 0 Å². The number of hydrogen-bond acceptors (Lipinski definition) is 0. The molecule has 0 N–H and O–H groups in total. The van der Waals surface area contributed by atoms with Crippen LogP contribution >= 0.6 is 0 Å². The molecule has 0 heteroatoms. The topological polar surface area (TPSA) is 0 Å². The molecular formula is C68H36. The Hall–Kier alpha value is -8.84. The van der Waals surface area contributed by atoms with Crippen molar-refractivity contribution in [1.82, 2.24) is 0 Å². The van der Waals surface area contributed by atoms with Crippen LogP contribution in [0.2, 0.25) is 0 Å². The molecule has 0 amide bonds. The van der Waals surface area contributed by atoms with Gasteiger partial charge in [-0.1, -0.05) is 200 Å². The SMILES string of the molecule is c1ccc(-c2ccccc2-c2c3cc4c5ccccc5c5cccc(c3c(-c3ccccc3)c3c6ccc7c8ccc9c%10c(ccc(c%11ccc(c23)c6c%117)c%108)-c2cc3ccccc3cc2-9)c54)cc1. The Morgan fingerprint density at radius 1 is 0.162 bits per heavy atom. The first-order valence-electron chi connectivity index (χ1n) is 23.9. The summed E-state index contributed by atoms with van der Waals surface area (Å²) < 4.78 is 0. The number of benzene rings is 14. The van der Waals surface area contributed by atoms with Crippen molar-refractivity contribution in [3.8, 4) is 55.6 Å². The average molecular weight is 853 g/mol. The molecule has 1 aliphatic carbocycles. The van der Waals surface area contributed by atoms with Gasteiger partial charge in [0.25, 0.3) is 0 Å². The van der Waals surface area contributed by atoms with Crippen LogP contribution in [-0.2, 0) is 0 Å². The summed E-state index contributed by atoms with van der Waals surface area (Å²) in [5, 5.41) is 29.2. The Morgan fingerprint density at radius 2 is 0.603 bits per heavy atom. The van der Waals surface area contributed by atoms with Gasteiger partial charge in [-0.15, -0.1) is 0 Å². The maximum Gasteiger partial charge on any atom is -0.000717 e. The zero-order valence-corrected chi connectivity index (χ0v) is 36.8. The minimum absolute atomic E-state index is 1.22. The average Bonchev–Trinajstić information content (AvgIpc) is 4.03. The van der Waals surface area contributed by atoms with E-state index < -0.39 is 0 Å². The Bertz CT molecular complexity index is 4770. The van der Waals surface area contributed by atoms with Crippen LogP contribution in [0, 0.1) is 0 Å². The molecule has 16 aromatic rings. The molecule has 0 unspecified atom stereocenters. The zero-order valence-electron chi connectivity index (χ0n) is 36.8. The summed E-state index contributed by atoms with van der Waals surface area (Å²) in [6.07, 6.45) is 0. The Labute approximate surface area is 390 Å². The van der Waals surface area contributed by atoms with E-state index in [1.165, 1.54) is 174 Å². The second kappa shape index (κ2) is 12.5. The molecule has 0 fully saturated rings. The summed E-state index contributed by atoms with van der Waals surface area (Å²) in [5.74, 6) is 0. The highest BCUT2D eigenvalue weighted by Gasteiger charge is 2.30. The predicted octanol–water partition coefficient (Wildman–Crippen LogP) is 19.3. The van der Waals surface area contributed by atoms with Crippen LogP contribution in [0.5, 0.6) is 0 Å². The van der Waals surface area contributed by atoms with E-state index in [0.717, 1.165) is 0 Å². The monoisotopic (exact) mass is 852 g/mol. The van der Waals surface area contributed by atoms with E-state index in [2.05, 4.69) is 218 Å². The van der Waals surface area contributed by atoms with Crippen molar-refractivity contribution >= 4 is 118 Å². The molecule has 17 rings (SSSR count). The molecule has 68 heavy (non-hydrogen) atoms. The van der Waals surface area contributed by atoms with Crippen molar-refractivity contribution in [2.75, 3.05) is 0 Å². The molecule has 0 nitrogen and oxygen atoms in total. The first-order chi connectivity index (χ1) is 33.8. The summed E-state index contributed by atoms with van der Waals surface area (Å²) >= 11 is 0. The molecule has 16 aromatic carbocycles. The van der Waals surface area contributed by atoms with Crippen LogP contribution in [-0.4, -0.2) is 0 Å². The standard InChI is InChI=1S/C68H36/c1-3-14-37(15-4-1)41-20-9-12-23-44(41)64-58-36-57-43-22-11-10-21-42(43)45-24-13-25-52(60(45)57)66(58)59(38-16-5-2-6-17-38)67-53-32-30-48-46-26-28-50-55-34-39-18-7-8-19-40(39)35-56(55)51-29-27-47(61(46)63(50)51)49-31-33-54(68(64)67)65(53)62(48)49/h1-36H. The van der Waals surface area contributed by atoms with Crippen molar-refractivity contribution in [3.05, 3.63) is 218 Å². The molecule has 0 saturated heterocycles. The highest BCUT2D eigenvalue weighted by atomic mass is 14.3. The minimum Gasteiger partial charge on any atom is -0.0622 e. The summed E-state index contributed by atoms with van der Waals surface area (Å²) in [5.41, 5.74) is 12.9. The second-order valence-corrected chi connectivity index (χ2v) is 19.3. The highest BCUT2D eigenvalue weighted by Crippen LogP contribution is 2.58. The van der Waals surface area contributed by atoms with Gasteiger partial charge in [-0.3, -0.25) is 0 Å². The predicted molar refractivity (Wildman–Crippen MR) is 293 cm³/mol. The van der Waals surface area contributed by atoms with Gasteiger partial charge in [0, 0.05) is 0 Å². The van der Waals surface area contributed by atoms with Crippen molar-refractivity contribution in [2.45, 2.75) is 0 Å². The Kier molecular flexibility index (Phi) is 6.53. The summed E-state index contributed by atoms with van der Waals surface area (Å²) in [7, 11) is 0. The van der Waals surface area contributed by atoms with Crippen LogP contribution in [0.15, 0.2) is 218 Å². The molecule has 0 spiro atoms. The van der Waals surface area contributed by atoms with Gasteiger partial charge in [-0.05, 0) is 192 Å². The van der Waals surface area contributed by atoms with E-state index in [-0.39, 0.29) is 0 Å². The van der Waals surface area contributed by atoms with Gasteiger partial charge in [-0.25, -0.2) is 0 Å². The lowest BCUT2D eigenvalue weighted by Gasteiger charge is -2.20. The number of rotatable bonds is 3. The van der Waals surface area contributed by atoms with Gasteiger partial charge in [-0.2, -0.15) is 0 Å². The fraction of sp³-hybridized carbons (Fsp3) is 0. The fourth-order valence-corrected chi connectivity index (χ4v) is 13.6. The Balaban J connectivity index is 1.10. The minimum atomic E-state index is 1.22. The first kappa shape index (κ1) is 35.4. The number of hydrogen-bond donors (Lipinski definition) is 0. The van der Waals surface area contributed by atoms with Crippen molar-refractivity contribution < 1.29 is 0 Å². The van der Waals surface area contributed by atoms with E-state index in [1.807, 2.05) is 0 Å². The highest BCUT2D eigenvalue weighted by molar-refractivity contribution is 6.49. The maximum absolute atomic E-state index is 2.56. The summed E-state index contributed by atoms with van der Waals surface area (Å²) in [4.78, 5) is 0. The molecular weight excluding hydrogens is 817 g/mol. The van der Waals surface area contributed by atoms with E-state index in [0.29, 0.717) is 0 Å². The van der Waals surface area contributed by atoms with Crippen LogP contribution in [0.3, 0.4) is 0 Å². The lowest BCUT2D eigenvalue weighted by atomic mass is 9.82. The lowest BCUT2D eigenvalue weighted by Crippen LogP contribution is -1.93. The van der Waals surface area contributed by atoms with Gasteiger partial charge in [0.05, 0.1) is 0 Å². The third-order valence-corrected chi connectivity index (χ3v) is 16.2. The first-order valence-corrected chi connectivity index (χ1v) is 23.9. The maximum atomic E-state index is 2.56. The van der Waals surface area contributed by atoms with Crippen LogP contribution < -0.4 is 0 Å². The molecule has 0 radical (unpaired) electrons. The van der Waals surface area contributed by atoms with Crippen molar-refractivity contribution in [3.63, 3.8) is 0 Å². The number of fused-ring (bicyclic) bond motifs is 14. The summed E-state index contributed by atoms with van der Waals surface area (Å²) in [6, 6.07) is 83.2. The molecule has 308 valence electrons. The van der Waals surface area contributed by atoms with E-state index >= 15 is 0 Å². The van der Waals surface area contributed by atoms with Crippen LogP contribution in [0.1, 0.15) is 0 Å². The fourth-order valence-electron chi connectivity index (χ4n) is 13.6. The molecule has 0 bridgehead atoms. The third-order valence-electron chi connectivity index (χ3n) is 16.2. The quantitative estimate of drug-likeness (QED) is 0.123. The van der Waals surface area contributed by atoms with Crippen molar-refractivity contribution in [2.24, 2.45) is 0 Å². The van der Waals surface area contributed by atoms with E-state index in [9.17, 15) is 0 Å². The molecule has 0 heterocycles. The van der Waals surface area contributed by atoms with Gasteiger partial charge >= 0.3 is 0 Å². The largest absolute Gasteiger partial charge is 0.0622 e. The van der Waals surface area contributed by atoms with Crippen molar-refractivity contribution in [1.29, 1.82) is 0 Å². The van der Waals surface area contributed by atoms with Crippen LogP contribution in [0.4, 0.5) is 0 Å². The molecule has 0 aliphatic heterocycles. The van der Waals surface area contributed by atoms with E-state index in [4.69, 9.17) is 0 Å². The Morgan fingerprint density at radius 3 is 1.26 bits per heavy atom. The molecule has 0 atom stereocenters. The molecule has 1 aliphatic rings. The van der Waals surface area contributed by atoms with Gasteiger partial charge < -0.3 is 0 Å².